The standard InChI is InChI=1S/C67H92N10O11/c1-15-45-23-17-18-25-47(45)39-77(52-29-20-19-24-46(52)16-2)55(79)35-34-54(78)74-56(42(5)6)60(81)73-51(28-22-36-70-64(68)86)59(80)71-49-32-30-44(31-33-49)40-88-65(87)72-50-27-21-26-48(38-50)67(11,12)57(69-13)61(82)75-58(66(8,9)10)62(83)76(14)53(41(3)4)37-43(7)63(84)85/h16-21,23-27,29-33,37-38,41-42,51,53,56-58,69H,2,15,22,28,34-36,39-40H2,1,3-14H3,(H,71,80)(H,72,87)(H,73,81)(H,74,78)(H,75,82)(H,84,85)(H3,68,70,86)/b43-37+/t51-,53+,56-,57+,58+/m0/s1. The number of primary amides is 1. The molecule has 9 amide bonds. The fraction of sp³-hybridized carbons (Fsp3) is 0.448. The van der Waals surface area contributed by atoms with E-state index in [0.717, 1.165) is 23.1 Å². The first-order valence-electron chi connectivity index (χ1n) is 29.8. The van der Waals surface area contributed by atoms with Crippen molar-refractivity contribution in [2.45, 2.75) is 157 Å². The lowest BCUT2D eigenvalue weighted by Gasteiger charge is -2.40. The number of ether oxygens (including phenoxy) is 1. The third kappa shape index (κ3) is 20.9. The SMILES string of the molecule is C=Cc1ccccc1N(Cc1ccccc1CC)C(=O)CCC(=O)N[C@H](C(=O)N[C@@H](CCCNC(N)=O)C(=O)Nc1ccc(COC(=O)Nc2cccc(C(C)(C)[C@H](NC)C(=O)N[C@H](C(=O)N(C)[C@H](/C=C(\C)C(=O)O)C(C)C)C(C)(C)C)c2)cc1)C(C)C. The predicted molar refractivity (Wildman–Crippen MR) is 344 cm³/mol. The summed E-state index contributed by atoms with van der Waals surface area (Å²) in [7, 11) is 3.24. The van der Waals surface area contributed by atoms with Crippen LogP contribution in [0, 0.1) is 17.3 Å². The van der Waals surface area contributed by atoms with Crippen LogP contribution in [0.15, 0.2) is 115 Å². The quantitative estimate of drug-likeness (QED) is 0.0169. The van der Waals surface area contributed by atoms with Crippen molar-refractivity contribution in [3.8, 4) is 0 Å². The fourth-order valence-corrected chi connectivity index (χ4v) is 10.1. The lowest BCUT2D eigenvalue weighted by atomic mass is 9.76. The summed E-state index contributed by atoms with van der Waals surface area (Å²) >= 11 is 0. The summed E-state index contributed by atoms with van der Waals surface area (Å²) < 4.78 is 5.56. The third-order valence-electron chi connectivity index (χ3n) is 15.4. The Labute approximate surface area is 518 Å². The number of nitrogens with two attached hydrogens (primary N) is 1. The number of carbonyl (C=O) groups excluding carboxylic acids is 8. The number of hydrogen-bond acceptors (Lipinski definition) is 11. The smallest absolute Gasteiger partial charge is 0.411 e. The van der Waals surface area contributed by atoms with Crippen LogP contribution in [0.4, 0.5) is 26.7 Å². The number of para-hydroxylation sites is 1. The van der Waals surface area contributed by atoms with Crippen LogP contribution in [0.1, 0.15) is 130 Å². The molecular weight excluding hydrogens is 1120 g/mol. The summed E-state index contributed by atoms with van der Waals surface area (Å²) in [5.41, 5.74) is 9.18. The van der Waals surface area contributed by atoms with Crippen molar-refractivity contribution in [3.63, 3.8) is 0 Å². The predicted octanol–water partition coefficient (Wildman–Crippen LogP) is 8.58. The summed E-state index contributed by atoms with van der Waals surface area (Å²) in [6.07, 6.45) is 3.17. The molecule has 4 aromatic rings. The van der Waals surface area contributed by atoms with Crippen LogP contribution in [0.2, 0.25) is 0 Å². The van der Waals surface area contributed by atoms with Gasteiger partial charge in [-0.2, -0.15) is 0 Å². The monoisotopic (exact) mass is 1210 g/mol. The van der Waals surface area contributed by atoms with E-state index in [4.69, 9.17) is 10.5 Å². The molecule has 0 saturated heterocycles. The molecule has 0 fully saturated rings. The molecule has 0 bridgehead atoms. The summed E-state index contributed by atoms with van der Waals surface area (Å²) in [4.78, 5) is 123. The van der Waals surface area contributed by atoms with Crippen LogP contribution < -0.4 is 47.9 Å². The van der Waals surface area contributed by atoms with Gasteiger partial charge in [-0.25, -0.2) is 14.4 Å². The molecular formula is C67H92N10O11. The van der Waals surface area contributed by atoms with Crippen molar-refractivity contribution in [3.05, 3.63) is 143 Å². The number of aryl methyl sites for hydroxylation is 1. The number of nitrogens with one attached hydrogen (secondary N) is 7. The average Bonchev–Trinajstić information content (AvgIpc) is 1.91. The molecule has 0 saturated carbocycles. The fourth-order valence-electron chi connectivity index (χ4n) is 10.1. The molecule has 0 aliphatic heterocycles. The van der Waals surface area contributed by atoms with E-state index in [0.29, 0.717) is 28.2 Å². The molecule has 0 heterocycles. The van der Waals surface area contributed by atoms with Crippen molar-refractivity contribution < 1.29 is 53.0 Å². The maximum atomic E-state index is 14.2. The van der Waals surface area contributed by atoms with E-state index in [2.05, 4.69) is 43.8 Å². The highest BCUT2D eigenvalue weighted by atomic mass is 16.5. The topological polar surface area (TPSA) is 300 Å². The second-order valence-electron chi connectivity index (χ2n) is 24.2. The Hall–Kier alpha value is -8.85. The molecule has 5 atom stereocenters. The highest BCUT2D eigenvalue weighted by Gasteiger charge is 2.42. The first kappa shape index (κ1) is 71.6. The number of carboxylic acid groups (broad SMARTS) is 1. The summed E-state index contributed by atoms with van der Waals surface area (Å²) in [5, 5.41) is 29.3. The molecule has 21 heteroatoms. The number of aliphatic carboxylic acids is 1. The van der Waals surface area contributed by atoms with Gasteiger partial charge in [0.15, 0.2) is 0 Å². The van der Waals surface area contributed by atoms with E-state index in [-0.39, 0.29) is 68.7 Å². The Kier molecular flexibility index (Phi) is 27.1. The van der Waals surface area contributed by atoms with Crippen LogP contribution in [-0.2, 0) is 63.3 Å². The molecule has 0 aliphatic rings. The molecule has 476 valence electrons. The molecule has 0 radical (unpaired) electrons. The molecule has 4 rings (SSSR count). The third-order valence-corrected chi connectivity index (χ3v) is 15.4. The van der Waals surface area contributed by atoms with Crippen LogP contribution in [0.3, 0.4) is 0 Å². The van der Waals surface area contributed by atoms with Gasteiger partial charge in [-0.05, 0) is 109 Å². The number of hydrogen-bond donors (Lipinski definition) is 9. The summed E-state index contributed by atoms with van der Waals surface area (Å²) in [5.74, 6) is -4.53. The molecule has 0 spiro atoms. The molecule has 4 aromatic carbocycles. The first-order chi connectivity index (χ1) is 41.4. The van der Waals surface area contributed by atoms with Gasteiger partial charge in [-0.15, -0.1) is 0 Å². The molecule has 10 N–H and O–H groups in total. The Morgan fingerprint density at radius 1 is 0.739 bits per heavy atom. The van der Waals surface area contributed by atoms with Gasteiger partial charge in [0.2, 0.25) is 35.4 Å². The van der Waals surface area contributed by atoms with Crippen molar-refractivity contribution in [2.24, 2.45) is 23.0 Å². The Balaban J connectivity index is 1.40. The maximum Gasteiger partial charge on any atom is 0.411 e. The Morgan fingerprint density at radius 2 is 1.39 bits per heavy atom. The largest absolute Gasteiger partial charge is 0.478 e. The van der Waals surface area contributed by atoms with Crippen molar-refractivity contribution in [2.75, 3.05) is 36.2 Å². The van der Waals surface area contributed by atoms with Gasteiger partial charge >= 0.3 is 18.1 Å². The molecule has 0 aliphatic carbocycles. The number of carboxylic acids is 1. The number of anilines is 3. The van der Waals surface area contributed by atoms with Gasteiger partial charge in [-0.3, -0.25) is 34.1 Å². The van der Waals surface area contributed by atoms with Gasteiger partial charge in [0.25, 0.3) is 0 Å². The van der Waals surface area contributed by atoms with Crippen LogP contribution in [0.25, 0.3) is 6.08 Å². The summed E-state index contributed by atoms with van der Waals surface area (Å²) in [6, 6.07) is 23.3. The number of nitrogens with zero attached hydrogens (tertiary/aromatic N) is 2. The van der Waals surface area contributed by atoms with Crippen LogP contribution in [0.5, 0.6) is 0 Å². The zero-order valence-corrected chi connectivity index (χ0v) is 53.3. The molecule has 0 aromatic heterocycles. The number of rotatable bonds is 31. The highest BCUT2D eigenvalue weighted by molar-refractivity contribution is 6.00. The van der Waals surface area contributed by atoms with Gasteiger partial charge < -0.3 is 57.3 Å². The van der Waals surface area contributed by atoms with Gasteiger partial charge in [0.05, 0.1) is 24.3 Å². The average molecular weight is 1210 g/mol. The van der Waals surface area contributed by atoms with E-state index >= 15 is 0 Å². The van der Waals surface area contributed by atoms with E-state index in [1.165, 1.54) is 11.8 Å². The minimum atomic E-state index is -1.13. The number of urea groups is 1. The number of amides is 9. The zero-order chi connectivity index (χ0) is 65.6. The number of likely N-dealkylation sites (N-methyl/N-ethyl adjacent to an activating group) is 2. The Bertz CT molecular complexity index is 3130. The maximum absolute atomic E-state index is 14.2. The second kappa shape index (κ2) is 33.3. The Morgan fingerprint density at radius 3 is 1.98 bits per heavy atom. The lowest BCUT2D eigenvalue weighted by Crippen LogP contribution is -2.61. The van der Waals surface area contributed by atoms with Gasteiger partial charge in [-0.1, -0.05) is 155 Å². The zero-order valence-electron chi connectivity index (χ0n) is 53.3. The van der Waals surface area contributed by atoms with Crippen molar-refractivity contribution in [1.29, 1.82) is 0 Å². The van der Waals surface area contributed by atoms with E-state index in [1.54, 1.807) is 87.5 Å². The molecule has 0 unspecified atom stereocenters. The normalized spacial score (nSPS) is 13.4. The van der Waals surface area contributed by atoms with Crippen molar-refractivity contribution >= 4 is 76.7 Å². The van der Waals surface area contributed by atoms with Gasteiger partial charge in [0.1, 0.15) is 24.7 Å². The minimum Gasteiger partial charge on any atom is -0.478 e. The number of benzene rings is 4. The summed E-state index contributed by atoms with van der Waals surface area (Å²) in [6.45, 7) is 24.2. The number of carbonyl (C=O) groups is 9. The second-order valence-corrected chi connectivity index (χ2v) is 24.2. The highest BCUT2D eigenvalue weighted by Crippen LogP contribution is 2.32. The van der Waals surface area contributed by atoms with Crippen molar-refractivity contribution in [1.82, 2.24) is 31.5 Å². The van der Waals surface area contributed by atoms with Crippen LogP contribution >= 0.6 is 0 Å². The van der Waals surface area contributed by atoms with Crippen LogP contribution in [-0.4, -0.2) is 114 Å². The lowest BCUT2D eigenvalue weighted by molar-refractivity contribution is -0.141. The van der Waals surface area contributed by atoms with E-state index in [1.807, 2.05) is 110 Å². The first-order valence-corrected chi connectivity index (χ1v) is 29.8. The van der Waals surface area contributed by atoms with Gasteiger partial charge in [0, 0.05) is 48.8 Å². The van der Waals surface area contributed by atoms with E-state index < -0.39 is 88.7 Å². The van der Waals surface area contributed by atoms with E-state index in [9.17, 15) is 48.3 Å². The molecule has 88 heavy (non-hydrogen) atoms. The minimum absolute atomic E-state index is 0.0796. The molecule has 21 nitrogen and oxygen atoms in total.